The van der Waals surface area contributed by atoms with Crippen LogP contribution in [0.2, 0.25) is 0 Å². The minimum absolute atomic E-state index is 0.0309. The fraction of sp³-hybridized carbons (Fsp3) is 0.923. The Kier molecular flexibility index (Phi) is 4.78. The van der Waals surface area contributed by atoms with Crippen molar-refractivity contribution >= 4 is 5.97 Å². The Bertz CT molecular complexity index is 232. The fourth-order valence-corrected chi connectivity index (χ4v) is 2.05. The monoisotopic (exact) mass is 227 g/mol. The molecule has 1 N–H and O–H groups in total. The molecule has 0 saturated carbocycles. The van der Waals surface area contributed by atoms with Gasteiger partial charge in [-0.3, -0.25) is 4.79 Å². The molecular formula is C13H25NO2. The van der Waals surface area contributed by atoms with Gasteiger partial charge in [-0.15, -0.1) is 0 Å². The second-order valence-electron chi connectivity index (χ2n) is 5.39. The number of ether oxygens (including phenoxy) is 1. The molecule has 1 aliphatic rings. The van der Waals surface area contributed by atoms with E-state index in [1.165, 1.54) is 0 Å². The zero-order chi connectivity index (χ0) is 12.2. The quantitative estimate of drug-likeness (QED) is 0.749. The summed E-state index contributed by atoms with van der Waals surface area (Å²) in [5, 5.41) is 3.36. The average Bonchev–Trinajstić information content (AvgIpc) is 2.29. The van der Waals surface area contributed by atoms with Gasteiger partial charge in [0.05, 0.1) is 11.5 Å². The van der Waals surface area contributed by atoms with Crippen LogP contribution in [0, 0.1) is 11.3 Å². The van der Waals surface area contributed by atoms with Crippen molar-refractivity contribution in [1.82, 2.24) is 5.32 Å². The summed E-state index contributed by atoms with van der Waals surface area (Å²) in [6.45, 7) is 10.0. The second-order valence-corrected chi connectivity index (χ2v) is 5.39. The number of hydrogen-bond donors (Lipinski definition) is 1. The molecule has 1 fully saturated rings. The molecule has 0 aromatic carbocycles. The molecule has 0 radical (unpaired) electrons. The largest absolute Gasteiger partial charge is 0.462 e. The van der Waals surface area contributed by atoms with E-state index in [9.17, 15) is 4.79 Å². The van der Waals surface area contributed by atoms with Gasteiger partial charge in [-0.2, -0.15) is 0 Å². The fourth-order valence-electron chi connectivity index (χ4n) is 2.05. The van der Waals surface area contributed by atoms with E-state index in [0.717, 1.165) is 32.4 Å². The Morgan fingerprint density at radius 3 is 2.75 bits per heavy atom. The number of carbonyl (C=O) groups is 1. The summed E-state index contributed by atoms with van der Waals surface area (Å²) >= 11 is 0. The van der Waals surface area contributed by atoms with Crippen molar-refractivity contribution in [2.24, 2.45) is 11.3 Å². The normalized spacial score (nSPS) is 23.9. The van der Waals surface area contributed by atoms with E-state index in [2.05, 4.69) is 5.32 Å². The molecule has 0 amide bonds. The van der Waals surface area contributed by atoms with Crippen LogP contribution in [0.5, 0.6) is 0 Å². The van der Waals surface area contributed by atoms with Crippen molar-refractivity contribution in [3.8, 4) is 0 Å². The summed E-state index contributed by atoms with van der Waals surface area (Å²) < 4.78 is 5.45. The van der Waals surface area contributed by atoms with Crippen LogP contribution in [0.15, 0.2) is 0 Å². The number of piperidine rings is 1. The molecule has 3 nitrogen and oxygen atoms in total. The van der Waals surface area contributed by atoms with Crippen molar-refractivity contribution in [3.05, 3.63) is 0 Å². The van der Waals surface area contributed by atoms with Crippen LogP contribution in [0.4, 0.5) is 0 Å². The van der Waals surface area contributed by atoms with Crippen molar-refractivity contribution in [2.45, 2.75) is 53.1 Å². The van der Waals surface area contributed by atoms with Gasteiger partial charge in [0.25, 0.3) is 0 Å². The Morgan fingerprint density at radius 2 is 2.25 bits per heavy atom. The highest BCUT2D eigenvalue weighted by Crippen LogP contribution is 2.33. The highest BCUT2D eigenvalue weighted by Gasteiger charge is 2.39. The lowest BCUT2D eigenvalue weighted by Gasteiger charge is -2.35. The molecule has 1 aliphatic heterocycles. The second kappa shape index (κ2) is 5.67. The van der Waals surface area contributed by atoms with Gasteiger partial charge in [0.1, 0.15) is 0 Å². The van der Waals surface area contributed by atoms with E-state index in [4.69, 9.17) is 4.74 Å². The zero-order valence-electron chi connectivity index (χ0n) is 11.0. The summed E-state index contributed by atoms with van der Waals surface area (Å²) in [5.41, 5.74) is -0.364. The first-order valence-electron chi connectivity index (χ1n) is 6.40. The first kappa shape index (κ1) is 13.5. The number of rotatable bonds is 4. The Morgan fingerprint density at radius 1 is 1.56 bits per heavy atom. The molecule has 1 rings (SSSR count). The molecule has 1 heterocycles. The first-order chi connectivity index (χ1) is 7.48. The van der Waals surface area contributed by atoms with Crippen molar-refractivity contribution in [2.75, 3.05) is 13.1 Å². The van der Waals surface area contributed by atoms with Gasteiger partial charge >= 0.3 is 5.97 Å². The van der Waals surface area contributed by atoms with Gasteiger partial charge in [0.2, 0.25) is 0 Å². The minimum Gasteiger partial charge on any atom is -0.462 e. The maximum absolute atomic E-state index is 12.1. The summed E-state index contributed by atoms with van der Waals surface area (Å²) in [7, 11) is 0. The average molecular weight is 227 g/mol. The van der Waals surface area contributed by atoms with Crippen LogP contribution in [0.1, 0.15) is 47.0 Å². The van der Waals surface area contributed by atoms with Gasteiger partial charge in [0.15, 0.2) is 0 Å². The SMILES string of the molecule is CCC(C)OC(=O)C(C)(C)C1CCCNC1. The Hall–Kier alpha value is -0.570. The lowest BCUT2D eigenvalue weighted by molar-refractivity contribution is -0.162. The van der Waals surface area contributed by atoms with E-state index < -0.39 is 0 Å². The van der Waals surface area contributed by atoms with Crippen molar-refractivity contribution in [1.29, 1.82) is 0 Å². The molecule has 16 heavy (non-hydrogen) atoms. The number of hydrogen-bond acceptors (Lipinski definition) is 3. The minimum atomic E-state index is -0.364. The highest BCUT2D eigenvalue weighted by molar-refractivity contribution is 5.76. The number of nitrogens with one attached hydrogen (secondary N) is 1. The van der Waals surface area contributed by atoms with Gasteiger partial charge in [0, 0.05) is 0 Å². The van der Waals surface area contributed by atoms with E-state index >= 15 is 0 Å². The van der Waals surface area contributed by atoms with E-state index in [0.29, 0.717) is 5.92 Å². The van der Waals surface area contributed by atoms with Gasteiger partial charge in [-0.05, 0) is 59.0 Å². The first-order valence-corrected chi connectivity index (χ1v) is 6.40. The van der Waals surface area contributed by atoms with Crippen LogP contribution < -0.4 is 5.32 Å². The van der Waals surface area contributed by atoms with Crippen molar-refractivity contribution in [3.63, 3.8) is 0 Å². The van der Waals surface area contributed by atoms with E-state index in [1.807, 2.05) is 27.7 Å². The molecule has 2 atom stereocenters. The van der Waals surface area contributed by atoms with E-state index in [1.54, 1.807) is 0 Å². The smallest absolute Gasteiger partial charge is 0.312 e. The Labute approximate surface area is 98.9 Å². The van der Waals surface area contributed by atoms with Crippen LogP contribution in [0.25, 0.3) is 0 Å². The molecule has 2 unspecified atom stereocenters. The van der Waals surface area contributed by atoms with Crippen molar-refractivity contribution < 1.29 is 9.53 Å². The molecule has 0 spiro atoms. The molecule has 0 aromatic rings. The maximum Gasteiger partial charge on any atom is 0.312 e. The third-order valence-corrected chi connectivity index (χ3v) is 3.73. The van der Waals surface area contributed by atoms with E-state index in [-0.39, 0.29) is 17.5 Å². The standard InChI is InChI=1S/C13H25NO2/c1-5-10(2)16-12(15)13(3,4)11-7-6-8-14-9-11/h10-11,14H,5-9H2,1-4H3. The third-order valence-electron chi connectivity index (χ3n) is 3.73. The summed E-state index contributed by atoms with van der Waals surface area (Å²) in [4.78, 5) is 12.1. The predicted octanol–water partition coefficient (Wildman–Crippen LogP) is 2.35. The van der Waals surface area contributed by atoms with Crippen LogP contribution in [-0.4, -0.2) is 25.2 Å². The van der Waals surface area contributed by atoms with Gasteiger partial charge in [-0.1, -0.05) is 6.92 Å². The topological polar surface area (TPSA) is 38.3 Å². The molecule has 94 valence electrons. The predicted molar refractivity (Wildman–Crippen MR) is 65.2 cm³/mol. The highest BCUT2D eigenvalue weighted by atomic mass is 16.5. The van der Waals surface area contributed by atoms with Crippen LogP contribution >= 0.6 is 0 Å². The Balaban J connectivity index is 2.56. The molecule has 1 saturated heterocycles. The lowest BCUT2D eigenvalue weighted by Crippen LogP contribution is -2.44. The molecule has 0 bridgehead atoms. The number of esters is 1. The summed E-state index contributed by atoms with van der Waals surface area (Å²) in [6, 6.07) is 0. The third kappa shape index (κ3) is 3.21. The van der Waals surface area contributed by atoms with Crippen LogP contribution in [-0.2, 0) is 9.53 Å². The maximum atomic E-state index is 12.1. The van der Waals surface area contributed by atoms with Crippen LogP contribution in [0.3, 0.4) is 0 Å². The zero-order valence-corrected chi connectivity index (χ0v) is 11.0. The number of carbonyl (C=O) groups excluding carboxylic acids is 1. The van der Waals surface area contributed by atoms with Gasteiger partial charge < -0.3 is 10.1 Å². The molecule has 3 heteroatoms. The molecule has 0 aromatic heterocycles. The lowest BCUT2D eigenvalue weighted by atomic mass is 9.75. The molecule has 0 aliphatic carbocycles. The van der Waals surface area contributed by atoms with Gasteiger partial charge in [-0.25, -0.2) is 0 Å². The molecular weight excluding hydrogens is 202 g/mol. The summed E-state index contributed by atoms with van der Waals surface area (Å²) in [5.74, 6) is 0.355. The summed E-state index contributed by atoms with van der Waals surface area (Å²) in [6.07, 6.45) is 3.19.